The van der Waals surface area contributed by atoms with Crippen LogP contribution in [0.25, 0.3) is 0 Å². The Morgan fingerprint density at radius 2 is 1.81 bits per heavy atom. The van der Waals surface area contributed by atoms with Gasteiger partial charge < -0.3 is 4.42 Å². The molecule has 1 atom stereocenters. The molecule has 3 aromatic rings. The lowest BCUT2D eigenvalue weighted by atomic mass is 10.0. The van der Waals surface area contributed by atoms with E-state index in [4.69, 9.17) is 4.42 Å². The van der Waals surface area contributed by atoms with Crippen molar-refractivity contribution in [2.45, 2.75) is 12.5 Å². The van der Waals surface area contributed by atoms with Crippen LogP contribution >= 0.6 is 31.9 Å². The molecular formula is C20H14Br2N2O2. The van der Waals surface area contributed by atoms with Crippen molar-refractivity contribution < 1.29 is 9.21 Å². The average Bonchev–Trinajstić information content (AvgIpc) is 3.32. The third kappa shape index (κ3) is 3.27. The Morgan fingerprint density at radius 1 is 1.04 bits per heavy atom. The van der Waals surface area contributed by atoms with E-state index in [1.54, 1.807) is 12.3 Å². The first-order valence-electron chi connectivity index (χ1n) is 8.08. The van der Waals surface area contributed by atoms with E-state index in [1.165, 1.54) is 5.01 Å². The van der Waals surface area contributed by atoms with Gasteiger partial charge in [-0.05, 0) is 57.9 Å². The van der Waals surface area contributed by atoms with Gasteiger partial charge in [-0.15, -0.1) is 0 Å². The van der Waals surface area contributed by atoms with E-state index < -0.39 is 0 Å². The molecule has 0 fully saturated rings. The maximum Gasteiger partial charge on any atom is 0.275 e. The molecule has 0 N–H and O–H groups in total. The fraction of sp³-hybridized carbons (Fsp3) is 0.100. The third-order valence-corrected chi connectivity index (χ3v) is 5.49. The lowest BCUT2D eigenvalue weighted by molar-refractivity contribution is 0.0692. The van der Waals surface area contributed by atoms with Crippen LogP contribution in [0.4, 0.5) is 0 Å². The van der Waals surface area contributed by atoms with E-state index in [-0.39, 0.29) is 11.9 Å². The Morgan fingerprint density at radius 3 is 2.50 bits per heavy atom. The minimum absolute atomic E-state index is 0.161. The van der Waals surface area contributed by atoms with Gasteiger partial charge in [-0.25, -0.2) is 5.01 Å². The van der Waals surface area contributed by atoms with E-state index in [2.05, 4.69) is 37.0 Å². The lowest BCUT2D eigenvalue weighted by Gasteiger charge is -2.20. The zero-order valence-corrected chi connectivity index (χ0v) is 16.8. The number of carbonyl (C=O) groups is 1. The molecule has 0 bridgehead atoms. The predicted octanol–water partition coefficient (Wildman–Crippen LogP) is 5.80. The summed E-state index contributed by atoms with van der Waals surface area (Å²) in [7, 11) is 0. The quantitative estimate of drug-likeness (QED) is 0.482. The summed E-state index contributed by atoms with van der Waals surface area (Å²) in [6.45, 7) is 0. The van der Waals surface area contributed by atoms with E-state index in [1.807, 2.05) is 54.6 Å². The number of hydrogen-bond acceptors (Lipinski definition) is 3. The first-order chi connectivity index (χ1) is 12.6. The zero-order chi connectivity index (χ0) is 18.1. The molecule has 0 saturated carbocycles. The largest absolute Gasteiger partial charge is 0.467 e. The van der Waals surface area contributed by atoms with Crippen LogP contribution in [-0.4, -0.2) is 16.6 Å². The number of rotatable bonds is 3. The van der Waals surface area contributed by atoms with Crippen molar-refractivity contribution in [1.82, 2.24) is 5.01 Å². The van der Waals surface area contributed by atoms with Crippen LogP contribution in [0.15, 0.2) is 85.4 Å². The molecule has 4 rings (SSSR count). The van der Waals surface area contributed by atoms with Gasteiger partial charge >= 0.3 is 0 Å². The monoisotopic (exact) mass is 472 g/mol. The van der Waals surface area contributed by atoms with Gasteiger partial charge in [-0.2, -0.15) is 5.10 Å². The molecule has 26 heavy (non-hydrogen) atoms. The molecule has 1 amide bonds. The Labute approximate surface area is 167 Å². The van der Waals surface area contributed by atoms with Crippen LogP contribution < -0.4 is 0 Å². The lowest BCUT2D eigenvalue weighted by Crippen LogP contribution is -2.27. The molecule has 2 aromatic carbocycles. The summed E-state index contributed by atoms with van der Waals surface area (Å²) in [6, 6.07) is 18.7. The smallest absolute Gasteiger partial charge is 0.275 e. The number of amides is 1. The van der Waals surface area contributed by atoms with E-state index in [0.717, 1.165) is 26.0 Å². The molecule has 0 aliphatic carbocycles. The Bertz CT molecular complexity index is 966. The summed E-state index contributed by atoms with van der Waals surface area (Å²) >= 11 is 6.90. The number of furan rings is 1. The normalized spacial score (nSPS) is 16.6. The van der Waals surface area contributed by atoms with Crippen molar-refractivity contribution >= 4 is 43.5 Å². The Hall–Kier alpha value is -2.18. The predicted molar refractivity (Wildman–Crippen MR) is 107 cm³/mol. The van der Waals surface area contributed by atoms with Gasteiger partial charge in [0.15, 0.2) is 0 Å². The second-order valence-electron chi connectivity index (χ2n) is 5.92. The number of hydrogen-bond donors (Lipinski definition) is 0. The molecule has 2 heterocycles. The highest BCUT2D eigenvalue weighted by molar-refractivity contribution is 9.10. The summed E-state index contributed by atoms with van der Waals surface area (Å²) in [5, 5.41) is 6.17. The molecule has 0 unspecified atom stereocenters. The summed E-state index contributed by atoms with van der Waals surface area (Å²) in [5.74, 6) is 0.562. The average molecular weight is 474 g/mol. The third-order valence-electron chi connectivity index (χ3n) is 4.27. The maximum atomic E-state index is 13.1. The summed E-state index contributed by atoms with van der Waals surface area (Å²) in [6.07, 6.45) is 2.22. The summed E-state index contributed by atoms with van der Waals surface area (Å²) in [5.41, 5.74) is 2.43. The summed E-state index contributed by atoms with van der Waals surface area (Å²) in [4.78, 5) is 13.1. The number of benzene rings is 2. The van der Waals surface area contributed by atoms with Crippen molar-refractivity contribution in [3.8, 4) is 0 Å². The number of carbonyl (C=O) groups excluding carboxylic acids is 1. The first kappa shape index (κ1) is 17.2. The Balaban J connectivity index is 1.73. The molecular weight excluding hydrogens is 460 g/mol. The highest BCUT2D eigenvalue weighted by atomic mass is 79.9. The molecule has 0 saturated heterocycles. The van der Waals surface area contributed by atoms with Gasteiger partial charge in [-0.1, -0.05) is 40.2 Å². The van der Waals surface area contributed by atoms with E-state index in [0.29, 0.717) is 12.0 Å². The Kier molecular flexibility index (Phi) is 4.78. The second-order valence-corrected chi connectivity index (χ2v) is 7.69. The number of hydrazone groups is 1. The van der Waals surface area contributed by atoms with E-state index in [9.17, 15) is 4.79 Å². The van der Waals surface area contributed by atoms with Gasteiger partial charge in [-0.3, -0.25) is 4.79 Å². The minimum atomic E-state index is -0.261. The molecule has 0 radical (unpaired) electrons. The van der Waals surface area contributed by atoms with Crippen molar-refractivity contribution in [1.29, 1.82) is 0 Å². The molecule has 4 nitrogen and oxygen atoms in total. The van der Waals surface area contributed by atoms with Crippen LogP contribution in [0.2, 0.25) is 0 Å². The molecule has 130 valence electrons. The van der Waals surface area contributed by atoms with Gasteiger partial charge in [0.05, 0.1) is 17.5 Å². The van der Waals surface area contributed by atoms with Crippen molar-refractivity contribution in [3.05, 3.63) is 92.8 Å². The molecule has 1 aliphatic heterocycles. The van der Waals surface area contributed by atoms with Crippen molar-refractivity contribution in [3.63, 3.8) is 0 Å². The fourth-order valence-electron chi connectivity index (χ4n) is 2.98. The van der Waals surface area contributed by atoms with Gasteiger partial charge in [0.1, 0.15) is 11.8 Å². The van der Waals surface area contributed by atoms with Crippen LogP contribution in [0.3, 0.4) is 0 Å². The number of halogens is 2. The van der Waals surface area contributed by atoms with Crippen LogP contribution in [-0.2, 0) is 0 Å². The van der Waals surface area contributed by atoms with Crippen molar-refractivity contribution in [2.75, 3.05) is 0 Å². The van der Waals surface area contributed by atoms with Crippen LogP contribution in [0, 0.1) is 0 Å². The number of nitrogens with zero attached hydrogens (tertiary/aromatic N) is 2. The fourth-order valence-corrected chi connectivity index (χ4v) is 3.69. The molecule has 6 heteroatoms. The maximum absolute atomic E-state index is 13.1. The van der Waals surface area contributed by atoms with Gasteiger partial charge in [0.25, 0.3) is 5.91 Å². The standard InChI is InChI=1S/C20H14Br2N2O2/c21-14-9-7-13(8-10-14)17-12-18(19-6-3-11-26-19)24(23-17)20(25)15-4-1-2-5-16(15)22/h1-11,18H,12H2/t18-/m0/s1. The highest BCUT2D eigenvalue weighted by Gasteiger charge is 2.35. The summed E-state index contributed by atoms with van der Waals surface area (Å²) < 4.78 is 7.33. The van der Waals surface area contributed by atoms with Gasteiger partial charge in [0, 0.05) is 15.4 Å². The highest BCUT2D eigenvalue weighted by Crippen LogP contribution is 2.35. The molecule has 1 aromatic heterocycles. The zero-order valence-electron chi connectivity index (χ0n) is 13.6. The van der Waals surface area contributed by atoms with Crippen molar-refractivity contribution in [2.24, 2.45) is 5.10 Å². The minimum Gasteiger partial charge on any atom is -0.467 e. The molecule has 1 aliphatic rings. The second kappa shape index (κ2) is 7.21. The van der Waals surface area contributed by atoms with E-state index >= 15 is 0 Å². The van der Waals surface area contributed by atoms with Crippen LogP contribution in [0.5, 0.6) is 0 Å². The topological polar surface area (TPSA) is 45.8 Å². The first-order valence-corrected chi connectivity index (χ1v) is 9.67. The SMILES string of the molecule is O=C(c1ccccc1Br)N1N=C(c2ccc(Br)cc2)C[C@H]1c1ccco1. The van der Waals surface area contributed by atoms with Crippen LogP contribution in [0.1, 0.15) is 34.1 Å². The molecule has 0 spiro atoms. The van der Waals surface area contributed by atoms with Gasteiger partial charge in [0.2, 0.25) is 0 Å².